The molecule has 0 aliphatic rings. The van der Waals surface area contributed by atoms with Gasteiger partial charge in [0, 0.05) is 6.08 Å². The van der Waals surface area contributed by atoms with E-state index in [0.29, 0.717) is 5.56 Å². The van der Waals surface area contributed by atoms with E-state index in [2.05, 4.69) is 0 Å². The van der Waals surface area contributed by atoms with Crippen LogP contribution in [0.5, 0.6) is 0 Å². The summed E-state index contributed by atoms with van der Waals surface area (Å²) in [7, 11) is 0. The molecule has 0 saturated carbocycles. The Morgan fingerprint density at radius 2 is 1.41 bits per heavy atom. The van der Waals surface area contributed by atoms with Crippen molar-refractivity contribution in [1.29, 1.82) is 0 Å². The summed E-state index contributed by atoms with van der Waals surface area (Å²) in [5, 5.41) is 7.12. The first kappa shape index (κ1) is 19.5. The highest BCUT2D eigenvalue weighted by Crippen LogP contribution is 2.29. The molecule has 0 heterocycles. The maximum absolute atomic E-state index is 12.1. The van der Waals surface area contributed by atoms with Crippen LogP contribution < -0.4 is 5.73 Å². The molecule has 0 aromatic heterocycles. The lowest BCUT2D eigenvalue weighted by molar-refractivity contribution is -0.192. The fraction of sp³-hybridized carbons (Fsp3) is 0.167. The number of carboxylic acid groups (broad SMARTS) is 1. The molecule has 1 aromatic carbocycles. The Kier molecular flexibility index (Phi) is 6.62. The van der Waals surface area contributed by atoms with Gasteiger partial charge in [0.1, 0.15) is 0 Å². The highest BCUT2D eigenvalue weighted by atomic mass is 19.4. The minimum Gasteiger partial charge on any atom is -0.475 e. The van der Waals surface area contributed by atoms with E-state index in [1.807, 2.05) is 0 Å². The van der Waals surface area contributed by atoms with Crippen LogP contribution in [0.4, 0.5) is 26.3 Å². The summed E-state index contributed by atoms with van der Waals surface area (Å²) in [5.74, 6) is -3.40. The van der Waals surface area contributed by atoms with E-state index < -0.39 is 29.8 Å². The fourth-order valence-corrected chi connectivity index (χ4v) is 0.962. The number of rotatable bonds is 2. The summed E-state index contributed by atoms with van der Waals surface area (Å²) < 4.78 is 68.2. The van der Waals surface area contributed by atoms with Gasteiger partial charge in [-0.2, -0.15) is 26.3 Å². The van der Waals surface area contributed by atoms with E-state index in [4.69, 9.17) is 15.6 Å². The third-order valence-corrected chi connectivity index (χ3v) is 1.92. The zero-order chi connectivity index (χ0) is 17.6. The van der Waals surface area contributed by atoms with Gasteiger partial charge in [-0.1, -0.05) is 12.1 Å². The number of hydrogen-bond acceptors (Lipinski definition) is 2. The molecule has 122 valence electrons. The number of carbonyl (C=O) groups excluding carboxylic acids is 1. The lowest BCUT2D eigenvalue weighted by atomic mass is 10.1. The largest absolute Gasteiger partial charge is 0.490 e. The van der Waals surface area contributed by atoms with E-state index >= 15 is 0 Å². The second-order valence-electron chi connectivity index (χ2n) is 3.66. The van der Waals surface area contributed by atoms with Crippen molar-refractivity contribution in [2.24, 2.45) is 5.73 Å². The number of halogens is 6. The van der Waals surface area contributed by atoms with Crippen molar-refractivity contribution in [3.63, 3.8) is 0 Å². The van der Waals surface area contributed by atoms with Gasteiger partial charge in [0.25, 0.3) is 0 Å². The summed E-state index contributed by atoms with van der Waals surface area (Å²) in [4.78, 5) is 19.3. The van der Waals surface area contributed by atoms with Crippen LogP contribution in [0.3, 0.4) is 0 Å². The highest BCUT2D eigenvalue weighted by Gasteiger charge is 2.38. The van der Waals surface area contributed by atoms with Crippen LogP contribution >= 0.6 is 0 Å². The molecule has 1 rings (SSSR count). The molecule has 0 aliphatic carbocycles. The van der Waals surface area contributed by atoms with Gasteiger partial charge in [0.15, 0.2) is 0 Å². The standard InChI is InChI=1S/C10H8F3NO.C2HF3O2/c11-10(12,13)8-4-1-7(2-5-8)3-6-9(14)15;3-2(4,5)1(6)7/h1-6H,(H2,14,15);(H,6,7). The molecular weight excluding hydrogens is 320 g/mol. The third kappa shape index (κ3) is 7.92. The first-order chi connectivity index (χ1) is 9.84. The third-order valence-electron chi connectivity index (χ3n) is 1.92. The quantitative estimate of drug-likeness (QED) is 0.647. The molecule has 0 unspecified atom stereocenters. The van der Waals surface area contributed by atoms with Gasteiger partial charge >= 0.3 is 18.3 Å². The Morgan fingerprint density at radius 3 is 1.68 bits per heavy atom. The first-order valence-electron chi connectivity index (χ1n) is 5.29. The lowest BCUT2D eigenvalue weighted by Gasteiger charge is -2.05. The molecule has 0 spiro atoms. The SMILES string of the molecule is NC(=O)C=Cc1ccc(C(F)(F)F)cc1.O=C(O)C(F)(F)F. The van der Waals surface area contributed by atoms with Crippen molar-refractivity contribution in [2.45, 2.75) is 12.4 Å². The van der Waals surface area contributed by atoms with Crippen molar-refractivity contribution in [3.8, 4) is 0 Å². The number of amides is 1. The van der Waals surface area contributed by atoms with Crippen LogP contribution in [0.25, 0.3) is 6.08 Å². The summed E-state index contributed by atoms with van der Waals surface area (Å²) in [5.41, 5.74) is 4.60. The first-order valence-corrected chi connectivity index (χ1v) is 5.29. The van der Waals surface area contributed by atoms with Gasteiger partial charge in [0.05, 0.1) is 5.56 Å². The maximum atomic E-state index is 12.1. The normalized spacial score (nSPS) is 11.7. The fourth-order valence-electron chi connectivity index (χ4n) is 0.962. The highest BCUT2D eigenvalue weighted by molar-refractivity contribution is 5.90. The number of carboxylic acids is 1. The monoisotopic (exact) mass is 329 g/mol. The van der Waals surface area contributed by atoms with E-state index in [0.717, 1.165) is 18.2 Å². The zero-order valence-electron chi connectivity index (χ0n) is 10.6. The number of alkyl halides is 6. The van der Waals surface area contributed by atoms with Crippen molar-refractivity contribution < 1.29 is 41.0 Å². The van der Waals surface area contributed by atoms with Gasteiger partial charge in [0.2, 0.25) is 5.91 Å². The van der Waals surface area contributed by atoms with Crippen molar-refractivity contribution in [3.05, 3.63) is 41.5 Å². The topological polar surface area (TPSA) is 80.4 Å². The number of nitrogens with two attached hydrogens (primary N) is 1. The smallest absolute Gasteiger partial charge is 0.475 e. The van der Waals surface area contributed by atoms with Crippen LogP contribution in [0.1, 0.15) is 11.1 Å². The Labute approximate surface area is 119 Å². The van der Waals surface area contributed by atoms with E-state index in [1.165, 1.54) is 18.2 Å². The van der Waals surface area contributed by atoms with Gasteiger partial charge in [-0.25, -0.2) is 4.79 Å². The summed E-state index contributed by atoms with van der Waals surface area (Å²) in [6, 6.07) is 4.42. The Balaban J connectivity index is 0.000000534. The number of aliphatic carboxylic acids is 1. The molecule has 4 nitrogen and oxygen atoms in total. The molecule has 0 fully saturated rings. The van der Waals surface area contributed by atoms with Crippen LogP contribution in [0.15, 0.2) is 30.3 Å². The second-order valence-corrected chi connectivity index (χ2v) is 3.66. The predicted molar refractivity (Wildman–Crippen MR) is 63.4 cm³/mol. The van der Waals surface area contributed by atoms with Gasteiger partial charge in [-0.15, -0.1) is 0 Å². The molecule has 1 aromatic rings. The van der Waals surface area contributed by atoms with Gasteiger partial charge < -0.3 is 10.8 Å². The minimum absolute atomic E-state index is 0.488. The number of carbonyl (C=O) groups is 2. The molecule has 22 heavy (non-hydrogen) atoms. The van der Waals surface area contributed by atoms with Crippen LogP contribution in [-0.2, 0) is 15.8 Å². The van der Waals surface area contributed by atoms with Crippen LogP contribution in [-0.4, -0.2) is 23.2 Å². The molecule has 10 heteroatoms. The maximum Gasteiger partial charge on any atom is 0.490 e. The lowest BCUT2D eigenvalue weighted by Crippen LogP contribution is -2.21. The molecule has 3 N–H and O–H groups in total. The van der Waals surface area contributed by atoms with Crippen LogP contribution in [0.2, 0.25) is 0 Å². The van der Waals surface area contributed by atoms with Gasteiger partial charge in [-0.05, 0) is 23.8 Å². The second kappa shape index (κ2) is 7.48. The minimum atomic E-state index is -5.08. The van der Waals surface area contributed by atoms with Crippen molar-refractivity contribution >= 4 is 18.0 Å². The molecule has 0 bridgehead atoms. The summed E-state index contributed by atoms with van der Waals surface area (Å²) >= 11 is 0. The zero-order valence-corrected chi connectivity index (χ0v) is 10.6. The molecule has 0 saturated heterocycles. The Bertz CT molecular complexity index is 545. The number of primary amides is 1. The summed E-state index contributed by atoms with van der Waals surface area (Å²) in [6.07, 6.45) is -6.99. The van der Waals surface area contributed by atoms with E-state index in [9.17, 15) is 31.1 Å². The number of hydrogen-bond donors (Lipinski definition) is 2. The van der Waals surface area contributed by atoms with Crippen molar-refractivity contribution in [1.82, 2.24) is 0 Å². The van der Waals surface area contributed by atoms with E-state index in [1.54, 1.807) is 0 Å². The van der Waals surface area contributed by atoms with Gasteiger partial charge in [-0.3, -0.25) is 4.79 Å². The molecule has 1 amide bonds. The van der Waals surface area contributed by atoms with E-state index in [-0.39, 0.29) is 0 Å². The molecular formula is C12H9F6NO3. The average molecular weight is 329 g/mol. The Morgan fingerprint density at radius 1 is 1.00 bits per heavy atom. The molecule has 0 radical (unpaired) electrons. The molecule has 0 atom stereocenters. The number of benzene rings is 1. The Hall–Kier alpha value is -2.52. The average Bonchev–Trinajstić information content (AvgIpc) is 2.35. The van der Waals surface area contributed by atoms with Crippen LogP contribution in [0, 0.1) is 0 Å². The predicted octanol–water partition coefficient (Wildman–Crippen LogP) is 2.84. The van der Waals surface area contributed by atoms with Crippen molar-refractivity contribution in [2.75, 3.05) is 0 Å². The molecule has 0 aliphatic heterocycles. The summed E-state index contributed by atoms with van der Waals surface area (Å²) in [6.45, 7) is 0.